The average molecular weight is 362 g/mol. The summed E-state index contributed by atoms with van der Waals surface area (Å²) in [5, 5.41) is 10.2. The molecule has 26 heavy (non-hydrogen) atoms. The number of unbranched alkanes of at least 4 members (excludes halogenated alkanes) is 1. The number of aliphatic hydroxyl groups excluding tert-OH is 1. The predicted molar refractivity (Wildman–Crippen MR) is 101 cm³/mol. The number of aliphatic hydroxyl groups is 1. The van der Waals surface area contributed by atoms with Gasteiger partial charge in [0.2, 0.25) is 0 Å². The van der Waals surface area contributed by atoms with Gasteiger partial charge in [0, 0.05) is 12.5 Å². The zero-order valence-corrected chi connectivity index (χ0v) is 15.7. The molecule has 5 nitrogen and oxygen atoms in total. The van der Waals surface area contributed by atoms with E-state index in [0.717, 1.165) is 18.4 Å². The quantitative estimate of drug-likeness (QED) is 0.190. The van der Waals surface area contributed by atoms with Gasteiger partial charge in [0.25, 0.3) is 0 Å². The van der Waals surface area contributed by atoms with Crippen molar-refractivity contribution < 1.29 is 24.1 Å². The van der Waals surface area contributed by atoms with Gasteiger partial charge in [-0.3, -0.25) is 0 Å². The third-order valence-corrected chi connectivity index (χ3v) is 3.75. The molecule has 0 amide bonds. The summed E-state index contributed by atoms with van der Waals surface area (Å²) in [5.74, 6) is -0.359. The maximum absolute atomic E-state index is 10.9. The van der Waals surface area contributed by atoms with Gasteiger partial charge < -0.3 is 19.3 Å². The fourth-order valence-corrected chi connectivity index (χ4v) is 2.39. The van der Waals surface area contributed by atoms with Crippen molar-refractivity contribution in [3.63, 3.8) is 0 Å². The Balaban J connectivity index is 2.22. The highest BCUT2D eigenvalue weighted by molar-refractivity contribution is 5.81. The van der Waals surface area contributed by atoms with Crippen molar-refractivity contribution in [3.05, 3.63) is 60.2 Å². The summed E-state index contributed by atoms with van der Waals surface area (Å²) in [7, 11) is 1.35. The smallest absolute Gasteiger partial charge is 0.330 e. The molecule has 1 rings (SSSR count). The Labute approximate surface area is 156 Å². The molecule has 2 atom stereocenters. The van der Waals surface area contributed by atoms with E-state index in [1.165, 1.54) is 13.2 Å². The zero-order valence-electron chi connectivity index (χ0n) is 15.7. The number of carbonyl (C=O) groups excluding carboxylic acids is 1. The van der Waals surface area contributed by atoms with Crippen LogP contribution in [0.25, 0.3) is 0 Å². The molecule has 0 spiro atoms. The van der Waals surface area contributed by atoms with Crippen LogP contribution < -0.4 is 0 Å². The number of allylic oxidation sites excluding steroid dienone is 2. The zero-order chi connectivity index (χ0) is 19.0. The van der Waals surface area contributed by atoms with Crippen LogP contribution in [0, 0.1) is 0 Å². The van der Waals surface area contributed by atoms with Crippen molar-refractivity contribution in [1.29, 1.82) is 0 Å². The van der Waals surface area contributed by atoms with E-state index in [-0.39, 0.29) is 18.9 Å². The SMILES string of the molecule is C/C=C/[C@@H](C[C@H](O)CCC/C=C/C(=O)OC)OCOCc1ccccc1. The Hall–Kier alpha value is -1.95. The molecule has 1 N–H and O–H groups in total. The maximum atomic E-state index is 10.9. The minimum atomic E-state index is -0.461. The number of rotatable bonds is 13. The van der Waals surface area contributed by atoms with E-state index in [9.17, 15) is 9.90 Å². The van der Waals surface area contributed by atoms with Crippen LogP contribution in [0.5, 0.6) is 0 Å². The van der Waals surface area contributed by atoms with Crippen molar-refractivity contribution in [1.82, 2.24) is 0 Å². The first-order chi connectivity index (χ1) is 12.7. The molecule has 1 aromatic carbocycles. The van der Waals surface area contributed by atoms with E-state index in [0.29, 0.717) is 19.4 Å². The molecule has 5 heteroatoms. The van der Waals surface area contributed by atoms with Gasteiger partial charge >= 0.3 is 5.97 Å². The van der Waals surface area contributed by atoms with Gasteiger partial charge in [-0.15, -0.1) is 0 Å². The monoisotopic (exact) mass is 362 g/mol. The van der Waals surface area contributed by atoms with E-state index in [2.05, 4.69) is 4.74 Å². The number of hydrogen-bond acceptors (Lipinski definition) is 5. The fourth-order valence-electron chi connectivity index (χ4n) is 2.39. The first-order valence-corrected chi connectivity index (χ1v) is 8.94. The third kappa shape index (κ3) is 10.8. The van der Waals surface area contributed by atoms with E-state index in [1.54, 1.807) is 6.08 Å². The van der Waals surface area contributed by atoms with E-state index >= 15 is 0 Å². The average Bonchev–Trinajstić information content (AvgIpc) is 2.65. The molecular weight excluding hydrogens is 332 g/mol. The second kappa shape index (κ2) is 14.2. The van der Waals surface area contributed by atoms with Crippen LogP contribution in [0.3, 0.4) is 0 Å². The summed E-state index contributed by atoms with van der Waals surface area (Å²) < 4.78 is 15.8. The molecule has 0 bridgehead atoms. The van der Waals surface area contributed by atoms with Crippen molar-refractivity contribution in [2.75, 3.05) is 13.9 Å². The van der Waals surface area contributed by atoms with Gasteiger partial charge in [-0.25, -0.2) is 4.79 Å². The van der Waals surface area contributed by atoms with Crippen LogP contribution >= 0.6 is 0 Å². The Bertz CT molecular complexity index is 539. The second-order valence-electron chi connectivity index (χ2n) is 5.93. The predicted octanol–water partition coefficient (Wildman–Crippen LogP) is 3.77. The lowest BCUT2D eigenvalue weighted by molar-refractivity contribution is -0.134. The molecule has 0 aliphatic carbocycles. The molecule has 144 valence electrons. The highest BCUT2D eigenvalue weighted by Gasteiger charge is 2.12. The Morgan fingerprint density at radius 2 is 2.04 bits per heavy atom. The molecule has 0 radical (unpaired) electrons. The molecular formula is C21H30O5. The van der Waals surface area contributed by atoms with Gasteiger partial charge in [0.1, 0.15) is 6.79 Å². The number of methoxy groups -OCH3 is 1. The van der Waals surface area contributed by atoms with Crippen LogP contribution in [0.4, 0.5) is 0 Å². The van der Waals surface area contributed by atoms with Crippen molar-refractivity contribution in [2.24, 2.45) is 0 Å². The molecule has 0 aliphatic heterocycles. The minimum Gasteiger partial charge on any atom is -0.466 e. The van der Waals surface area contributed by atoms with Gasteiger partial charge in [0.05, 0.1) is 25.9 Å². The molecule has 0 aliphatic rings. The number of ether oxygens (including phenoxy) is 3. The van der Waals surface area contributed by atoms with Crippen LogP contribution in [0.1, 0.15) is 38.2 Å². The summed E-state index contributed by atoms with van der Waals surface area (Å²) >= 11 is 0. The Morgan fingerprint density at radius 3 is 2.73 bits per heavy atom. The molecule has 0 saturated carbocycles. The third-order valence-electron chi connectivity index (χ3n) is 3.75. The Kier molecular flexibility index (Phi) is 12.1. The number of hydrogen-bond donors (Lipinski definition) is 1. The van der Waals surface area contributed by atoms with Gasteiger partial charge in [-0.1, -0.05) is 48.6 Å². The summed E-state index contributed by atoms with van der Waals surface area (Å²) in [6.45, 7) is 2.60. The lowest BCUT2D eigenvalue weighted by Gasteiger charge is -2.18. The van der Waals surface area contributed by atoms with Crippen LogP contribution in [0.15, 0.2) is 54.6 Å². The molecule has 0 unspecified atom stereocenters. The van der Waals surface area contributed by atoms with Crippen molar-refractivity contribution >= 4 is 5.97 Å². The summed E-state index contributed by atoms with van der Waals surface area (Å²) in [6.07, 6.45) is 9.03. The molecule has 0 saturated heterocycles. The lowest BCUT2D eigenvalue weighted by Crippen LogP contribution is -2.20. The largest absolute Gasteiger partial charge is 0.466 e. The van der Waals surface area contributed by atoms with Gasteiger partial charge in [0.15, 0.2) is 0 Å². The van der Waals surface area contributed by atoms with E-state index in [4.69, 9.17) is 9.47 Å². The van der Waals surface area contributed by atoms with Gasteiger partial charge in [-0.2, -0.15) is 0 Å². The van der Waals surface area contributed by atoms with E-state index in [1.807, 2.05) is 49.4 Å². The van der Waals surface area contributed by atoms with E-state index < -0.39 is 6.10 Å². The topological polar surface area (TPSA) is 65.0 Å². The van der Waals surface area contributed by atoms with Crippen molar-refractivity contribution in [3.8, 4) is 0 Å². The first kappa shape index (κ1) is 22.1. The maximum Gasteiger partial charge on any atom is 0.330 e. The first-order valence-electron chi connectivity index (χ1n) is 8.94. The number of esters is 1. The highest BCUT2D eigenvalue weighted by Crippen LogP contribution is 2.12. The molecule has 1 aromatic rings. The molecule has 0 fully saturated rings. The van der Waals surface area contributed by atoms with Crippen LogP contribution in [0.2, 0.25) is 0 Å². The highest BCUT2D eigenvalue weighted by atomic mass is 16.7. The molecule has 0 heterocycles. The minimum absolute atomic E-state index is 0.179. The summed E-state index contributed by atoms with van der Waals surface area (Å²) in [4.78, 5) is 10.9. The summed E-state index contributed by atoms with van der Waals surface area (Å²) in [6, 6.07) is 9.91. The number of benzene rings is 1. The van der Waals surface area contributed by atoms with Crippen molar-refractivity contribution in [2.45, 2.75) is 51.4 Å². The van der Waals surface area contributed by atoms with Gasteiger partial charge in [-0.05, 0) is 31.7 Å². The second-order valence-corrected chi connectivity index (χ2v) is 5.93. The summed E-state index contributed by atoms with van der Waals surface area (Å²) in [5.41, 5.74) is 1.10. The molecule has 0 aromatic heterocycles. The fraction of sp³-hybridized carbons (Fsp3) is 0.476. The number of carbonyl (C=O) groups is 1. The van der Waals surface area contributed by atoms with Crippen LogP contribution in [-0.4, -0.2) is 37.2 Å². The standard InChI is InChI=1S/C21H30O5/c1-3-10-20(26-17-25-16-18-11-6-4-7-12-18)15-19(22)13-8-5-9-14-21(23)24-2/h3-4,6-7,9-12,14,19-20,22H,5,8,13,15-17H2,1-2H3/b10-3+,14-9+/t19-,20+/m1/s1. The van der Waals surface area contributed by atoms with Crippen LogP contribution in [-0.2, 0) is 25.6 Å². The Morgan fingerprint density at radius 1 is 1.27 bits per heavy atom. The lowest BCUT2D eigenvalue weighted by atomic mass is 10.1. The normalized spacial score (nSPS) is 14.0.